The van der Waals surface area contributed by atoms with E-state index in [1.54, 1.807) is 12.0 Å². The molecular weight excluding hydrogens is 585 g/mol. The van der Waals surface area contributed by atoms with E-state index in [9.17, 15) is 9.18 Å². The first-order valence-corrected chi connectivity index (χ1v) is 16.2. The number of ether oxygens (including phenoxy) is 2. The number of methoxy groups -OCH3 is 1. The number of nitrogens with zero attached hydrogens (tertiary/aromatic N) is 7. The van der Waals surface area contributed by atoms with Gasteiger partial charge in [-0.25, -0.2) is 4.39 Å². The van der Waals surface area contributed by atoms with Crippen LogP contribution in [0.5, 0.6) is 11.6 Å². The van der Waals surface area contributed by atoms with Crippen LogP contribution in [0.15, 0.2) is 18.2 Å². The standard InChI is InChI=1S/C32H49ClFN7O3/c1-8-41(23(4)5)30(42)25-18-24(34)11-12-27(25)44-29-28(35-31(33)37-36-29)39-15-13-32(19-39)20-40(21-32)26(22(2)3)10-9-14-38(6)16-17-43-7/h11-12,18,22-23,26H,8-10,13-17,19-21H2,1-7H3/t26-/m1/s1. The van der Waals surface area contributed by atoms with Crippen LogP contribution in [0, 0.1) is 17.2 Å². The molecule has 0 radical (unpaired) electrons. The highest BCUT2D eigenvalue weighted by molar-refractivity contribution is 6.28. The number of likely N-dealkylation sites (tertiary alicyclic amines) is 1. The van der Waals surface area contributed by atoms with Gasteiger partial charge in [0.2, 0.25) is 5.28 Å². The molecule has 2 saturated heterocycles. The number of likely N-dealkylation sites (N-methyl/N-ethyl adjacent to an activating group) is 1. The van der Waals surface area contributed by atoms with E-state index in [4.69, 9.17) is 21.1 Å². The number of rotatable bonds is 15. The highest BCUT2D eigenvalue weighted by atomic mass is 35.5. The fraction of sp³-hybridized carbons (Fsp3) is 0.688. The highest BCUT2D eigenvalue weighted by Crippen LogP contribution is 2.45. The SMILES string of the molecule is CCN(C(=O)c1cc(F)ccc1Oc1nnc(Cl)nc1N1CCC2(C1)CN([C@H](CCCN(C)CCOC)C(C)C)C2)C(C)C. The van der Waals surface area contributed by atoms with Crippen LogP contribution in [0.2, 0.25) is 5.28 Å². The van der Waals surface area contributed by atoms with Crippen LogP contribution in [0.1, 0.15) is 64.2 Å². The molecule has 10 nitrogen and oxygen atoms in total. The van der Waals surface area contributed by atoms with Crippen molar-refractivity contribution >= 4 is 23.3 Å². The molecule has 1 spiro atoms. The Labute approximate surface area is 266 Å². The second-order valence-corrected chi connectivity index (χ2v) is 13.3. The fourth-order valence-electron chi connectivity index (χ4n) is 6.61. The summed E-state index contributed by atoms with van der Waals surface area (Å²) in [6.07, 6.45) is 3.35. The van der Waals surface area contributed by atoms with Gasteiger partial charge in [0, 0.05) is 63.9 Å². The Hall–Kier alpha value is -2.60. The van der Waals surface area contributed by atoms with Crippen LogP contribution in [0.3, 0.4) is 0 Å². The summed E-state index contributed by atoms with van der Waals surface area (Å²) in [5.41, 5.74) is 0.285. The van der Waals surface area contributed by atoms with Crippen molar-refractivity contribution in [3.05, 3.63) is 34.9 Å². The van der Waals surface area contributed by atoms with E-state index >= 15 is 0 Å². The van der Waals surface area contributed by atoms with E-state index in [1.165, 1.54) is 24.6 Å². The number of hydrogen-bond donors (Lipinski definition) is 0. The minimum Gasteiger partial charge on any atom is -0.434 e. The van der Waals surface area contributed by atoms with Crippen LogP contribution in [0.25, 0.3) is 0 Å². The summed E-state index contributed by atoms with van der Waals surface area (Å²) in [5.74, 6) is 0.573. The maximum Gasteiger partial charge on any atom is 0.282 e. The van der Waals surface area contributed by atoms with Crippen LogP contribution in [0.4, 0.5) is 10.2 Å². The molecule has 1 aromatic carbocycles. The maximum absolute atomic E-state index is 14.3. The van der Waals surface area contributed by atoms with E-state index in [0.717, 1.165) is 58.7 Å². The summed E-state index contributed by atoms with van der Waals surface area (Å²) in [7, 11) is 3.90. The molecule has 1 aromatic heterocycles. The normalized spacial score (nSPS) is 17.1. The van der Waals surface area contributed by atoms with Crippen molar-refractivity contribution in [2.24, 2.45) is 11.3 Å². The molecule has 0 bridgehead atoms. The van der Waals surface area contributed by atoms with Crippen molar-refractivity contribution in [3.63, 3.8) is 0 Å². The molecule has 4 rings (SSSR count). The van der Waals surface area contributed by atoms with Gasteiger partial charge in [-0.05, 0) is 89.3 Å². The monoisotopic (exact) mass is 633 g/mol. The van der Waals surface area contributed by atoms with Gasteiger partial charge in [0.25, 0.3) is 11.8 Å². The Kier molecular flexibility index (Phi) is 11.8. The summed E-state index contributed by atoms with van der Waals surface area (Å²) < 4.78 is 25.7. The molecule has 0 saturated carbocycles. The molecule has 1 amide bonds. The molecular formula is C32H49ClFN7O3. The highest BCUT2D eigenvalue weighted by Gasteiger charge is 2.50. The quantitative estimate of drug-likeness (QED) is 0.262. The van der Waals surface area contributed by atoms with E-state index in [1.807, 2.05) is 20.8 Å². The molecule has 0 aliphatic carbocycles. The van der Waals surface area contributed by atoms with Crippen molar-refractivity contribution < 1.29 is 18.7 Å². The van der Waals surface area contributed by atoms with Gasteiger partial charge in [0.15, 0.2) is 5.82 Å². The molecule has 1 atom stereocenters. The zero-order valence-electron chi connectivity index (χ0n) is 27.4. The lowest BCUT2D eigenvalue weighted by atomic mass is 9.76. The molecule has 44 heavy (non-hydrogen) atoms. The van der Waals surface area contributed by atoms with Gasteiger partial charge in [-0.2, -0.15) is 4.98 Å². The number of carbonyl (C=O) groups is 1. The van der Waals surface area contributed by atoms with Crippen molar-refractivity contribution in [2.75, 3.05) is 71.5 Å². The average molecular weight is 634 g/mol. The Morgan fingerprint density at radius 3 is 2.57 bits per heavy atom. The van der Waals surface area contributed by atoms with E-state index < -0.39 is 5.82 Å². The van der Waals surface area contributed by atoms with E-state index in [2.05, 4.69) is 50.8 Å². The maximum atomic E-state index is 14.3. The smallest absolute Gasteiger partial charge is 0.282 e. The zero-order valence-corrected chi connectivity index (χ0v) is 28.1. The van der Waals surface area contributed by atoms with Crippen LogP contribution < -0.4 is 9.64 Å². The molecule has 0 N–H and O–H groups in total. The first-order valence-electron chi connectivity index (χ1n) is 15.8. The number of benzene rings is 1. The Bertz CT molecular complexity index is 1260. The van der Waals surface area contributed by atoms with Crippen molar-refractivity contribution in [1.82, 2.24) is 29.9 Å². The third kappa shape index (κ3) is 8.16. The third-order valence-electron chi connectivity index (χ3n) is 8.99. The average Bonchev–Trinajstić information content (AvgIpc) is 3.41. The zero-order chi connectivity index (χ0) is 32.0. The second-order valence-electron chi connectivity index (χ2n) is 13.0. The van der Waals surface area contributed by atoms with Gasteiger partial charge in [0.1, 0.15) is 11.6 Å². The predicted octanol–water partition coefficient (Wildman–Crippen LogP) is 5.22. The lowest BCUT2D eigenvalue weighted by Crippen LogP contribution is -2.62. The van der Waals surface area contributed by atoms with Crippen LogP contribution in [-0.2, 0) is 4.74 Å². The second kappa shape index (κ2) is 15.1. The number of aromatic nitrogens is 3. The first kappa shape index (κ1) is 34.3. The summed E-state index contributed by atoms with van der Waals surface area (Å²) >= 11 is 6.22. The minimum absolute atomic E-state index is 0.0197. The number of hydrogen-bond acceptors (Lipinski definition) is 9. The summed E-state index contributed by atoms with van der Waals surface area (Å²) in [6.45, 7) is 17.3. The predicted molar refractivity (Wildman–Crippen MR) is 171 cm³/mol. The van der Waals surface area contributed by atoms with Crippen molar-refractivity contribution in [3.8, 4) is 11.6 Å². The molecule has 2 aromatic rings. The van der Waals surface area contributed by atoms with Gasteiger partial charge in [-0.3, -0.25) is 9.69 Å². The van der Waals surface area contributed by atoms with Crippen LogP contribution in [-0.4, -0.2) is 114 Å². The fourth-order valence-corrected chi connectivity index (χ4v) is 6.73. The molecule has 12 heteroatoms. The molecule has 0 unspecified atom stereocenters. The Morgan fingerprint density at radius 1 is 1.16 bits per heavy atom. The van der Waals surface area contributed by atoms with Gasteiger partial charge in [-0.1, -0.05) is 13.8 Å². The largest absolute Gasteiger partial charge is 0.434 e. The van der Waals surface area contributed by atoms with Gasteiger partial charge < -0.3 is 24.2 Å². The summed E-state index contributed by atoms with van der Waals surface area (Å²) in [5, 5.41) is 8.16. The van der Waals surface area contributed by atoms with E-state index in [-0.39, 0.29) is 39.8 Å². The summed E-state index contributed by atoms with van der Waals surface area (Å²) in [6, 6.07) is 4.41. The molecule has 244 valence electrons. The minimum atomic E-state index is -0.519. The number of carbonyl (C=O) groups excluding carboxylic acids is 1. The number of amides is 1. The van der Waals surface area contributed by atoms with Crippen molar-refractivity contribution in [2.45, 2.75) is 66.0 Å². The molecule has 2 aliphatic heterocycles. The van der Waals surface area contributed by atoms with Gasteiger partial charge in [-0.15, -0.1) is 10.2 Å². The van der Waals surface area contributed by atoms with Gasteiger partial charge >= 0.3 is 0 Å². The van der Waals surface area contributed by atoms with Crippen molar-refractivity contribution in [1.29, 1.82) is 0 Å². The topological polar surface area (TPSA) is 87.2 Å². The molecule has 2 fully saturated rings. The van der Waals surface area contributed by atoms with E-state index in [0.29, 0.717) is 24.3 Å². The Balaban J connectivity index is 1.45. The summed E-state index contributed by atoms with van der Waals surface area (Å²) in [4.78, 5) is 26.7. The number of anilines is 1. The third-order valence-corrected chi connectivity index (χ3v) is 9.15. The molecule has 3 heterocycles. The Morgan fingerprint density at radius 2 is 1.91 bits per heavy atom. The van der Waals surface area contributed by atoms with Crippen LogP contribution >= 0.6 is 11.6 Å². The number of halogens is 2. The lowest BCUT2D eigenvalue weighted by molar-refractivity contribution is -0.0345. The first-order chi connectivity index (χ1) is 21.0. The van der Waals surface area contributed by atoms with Gasteiger partial charge in [0.05, 0.1) is 12.2 Å². The lowest BCUT2D eigenvalue weighted by Gasteiger charge is -2.53. The molecule has 2 aliphatic rings.